The number of sulfonamides is 1. The van der Waals surface area contributed by atoms with Crippen LogP contribution in [-0.2, 0) is 23.6 Å². The van der Waals surface area contributed by atoms with Gasteiger partial charge >= 0.3 is 0 Å². The van der Waals surface area contributed by atoms with E-state index in [1.54, 1.807) is 42.2 Å². The van der Waals surface area contributed by atoms with Gasteiger partial charge in [-0.25, -0.2) is 13.1 Å². The van der Waals surface area contributed by atoms with E-state index in [2.05, 4.69) is 41.7 Å². The molecule has 1 N–H and O–H groups in total. The third-order valence-corrected chi connectivity index (χ3v) is 5.28. The van der Waals surface area contributed by atoms with Crippen LogP contribution in [0.4, 0.5) is 0 Å². The van der Waals surface area contributed by atoms with Crippen molar-refractivity contribution in [1.82, 2.24) is 14.5 Å². The molecule has 0 bridgehead atoms. The van der Waals surface area contributed by atoms with Crippen LogP contribution in [0.1, 0.15) is 5.69 Å². The van der Waals surface area contributed by atoms with E-state index < -0.39 is 10.0 Å². The average Bonchev–Trinajstić information content (AvgIpc) is 2.76. The highest BCUT2D eigenvalue weighted by molar-refractivity contribution is 9.11. The molecule has 0 saturated heterocycles. The van der Waals surface area contributed by atoms with E-state index in [4.69, 9.17) is 0 Å². The topological polar surface area (TPSA) is 64.0 Å². The molecule has 2 rings (SSSR count). The van der Waals surface area contributed by atoms with E-state index in [0.717, 1.165) is 0 Å². The summed E-state index contributed by atoms with van der Waals surface area (Å²) in [4.78, 5) is 0.192. The second-order valence-electron chi connectivity index (χ2n) is 3.88. The van der Waals surface area contributed by atoms with Crippen LogP contribution < -0.4 is 4.72 Å². The van der Waals surface area contributed by atoms with E-state index in [1.165, 1.54) is 0 Å². The molecular weight excluding hydrogens is 398 g/mol. The molecule has 5 nitrogen and oxygen atoms in total. The summed E-state index contributed by atoms with van der Waals surface area (Å²) in [6, 6.07) is 6.75. The Morgan fingerprint density at radius 3 is 2.68 bits per heavy atom. The molecule has 1 aromatic carbocycles. The van der Waals surface area contributed by atoms with Crippen LogP contribution in [0.25, 0.3) is 0 Å². The molecule has 1 aromatic heterocycles. The number of halogens is 2. The standard InChI is InChI=1S/C11H11Br2N3O2S/c1-16-5-4-9(15-16)7-14-19(17,18)11-6-8(12)2-3-10(11)13/h2-6,14H,7H2,1H3. The highest BCUT2D eigenvalue weighted by atomic mass is 79.9. The summed E-state index contributed by atoms with van der Waals surface area (Å²) in [5.41, 5.74) is 0.664. The Morgan fingerprint density at radius 2 is 2.05 bits per heavy atom. The predicted octanol–water partition coefficient (Wildman–Crippen LogP) is 2.42. The van der Waals surface area contributed by atoms with E-state index in [9.17, 15) is 8.42 Å². The number of hydrogen-bond acceptors (Lipinski definition) is 3. The van der Waals surface area contributed by atoms with E-state index in [1.807, 2.05) is 0 Å². The van der Waals surface area contributed by atoms with Crippen molar-refractivity contribution in [2.75, 3.05) is 0 Å². The largest absolute Gasteiger partial charge is 0.276 e. The Labute approximate surface area is 128 Å². The van der Waals surface area contributed by atoms with Gasteiger partial charge in [0.05, 0.1) is 17.1 Å². The van der Waals surface area contributed by atoms with E-state index in [0.29, 0.717) is 14.6 Å². The van der Waals surface area contributed by atoms with Crippen molar-refractivity contribution in [2.24, 2.45) is 7.05 Å². The maximum atomic E-state index is 12.2. The first-order valence-corrected chi connectivity index (χ1v) is 8.38. The normalized spacial score (nSPS) is 11.7. The number of nitrogens with one attached hydrogen (secondary N) is 1. The lowest BCUT2D eigenvalue weighted by Gasteiger charge is -2.08. The van der Waals surface area contributed by atoms with Gasteiger partial charge < -0.3 is 0 Å². The zero-order valence-corrected chi connectivity index (χ0v) is 14.0. The molecule has 0 aliphatic carbocycles. The van der Waals surface area contributed by atoms with Gasteiger partial charge in [-0.15, -0.1) is 0 Å². The second-order valence-corrected chi connectivity index (χ2v) is 7.39. The minimum absolute atomic E-state index is 0.155. The summed E-state index contributed by atoms with van der Waals surface area (Å²) in [6.45, 7) is 0.155. The van der Waals surface area contributed by atoms with Gasteiger partial charge in [-0.2, -0.15) is 5.10 Å². The summed E-state index contributed by atoms with van der Waals surface area (Å²) >= 11 is 6.50. The number of hydrogen-bond donors (Lipinski definition) is 1. The first kappa shape index (κ1) is 14.7. The summed E-state index contributed by atoms with van der Waals surface area (Å²) < 4.78 is 29.7. The van der Waals surface area contributed by atoms with Crippen LogP contribution >= 0.6 is 31.9 Å². The van der Waals surface area contributed by atoms with Crippen LogP contribution in [0.5, 0.6) is 0 Å². The molecule has 0 radical (unpaired) electrons. The van der Waals surface area contributed by atoms with Gasteiger partial charge in [0.25, 0.3) is 0 Å². The average molecular weight is 409 g/mol. The van der Waals surface area contributed by atoms with Gasteiger partial charge in [-0.05, 0) is 40.2 Å². The van der Waals surface area contributed by atoms with Gasteiger partial charge in [-0.1, -0.05) is 15.9 Å². The molecule has 8 heteroatoms. The molecule has 0 atom stereocenters. The van der Waals surface area contributed by atoms with Crippen molar-refractivity contribution in [3.05, 3.63) is 45.1 Å². The Hall–Kier alpha value is -0.700. The molecule has 0 saturated carbocycles. The molecule has 0 spiro atoms. The highest BCUT2D eigenvalue weighted by Gasteiger charge is 2.18. The van der Waals surface area contributed by atoms with Crippen LogP contribution in [0.15, 0.2) is 44.3 Å². The van der Waals surface area contributed by atoms with Crippen molar-refractivity contribution >= 4 is 41.9 Å². The van der Waals surface area contributed by atoms with Crippen molar-refractivity contribution in [3.8, 4) is 0 Å². The number of aryl methyl sites for hydroxylation is 1. The summed E-state index contributed by atoms with van der Waals surface area (Å²) in [7, 11) is -1.80. The highest BCUT2D eigenvalue weighted by Crippen LogP contribution is 2.25. The molecule has 0 aliphatic rings. The van der Waals surface area contributed by atoms with Crippen molar-refractivity contribution < 1.29 is 8.42 Å². The molecule has 19 heavy (non-hydrogen) atoms. The summed E-state index contributed by atoms with van der Waals surface area (Å²) in [5.74, 6) is 0. The monoisotopic (exact) mass is 407 g/mol. The number of benzene rings is 1. The van der Waals surface area contributed by atoms with Gasteiger partial charge in [0, 0.05) is 22.2 Å². The molecule has 0 amide bonds. The lowest BCUT2D eigenvalue weighted by atomic mass is 10.4. The third-order valence-electron chi connectivity index (χ3n) is 2.39. The lowest BCUT2D eigenvalue weighted by Crippen LogP contribution is -2.24. The Balaban J connectivity index is 2.20. The number of rotatable bonds is 4. The quantitative estimate of drug-likeness (QED) is 0.844. The molecule has 0 fully saturated rings. The van der Waals surface area contributed by atoms with E-state index in [-0.39, 0.29) is 11.4 Å². The van der Waals surface area contributed by atoms with Crippen LogP contribution in [0, 0.1) is 0 Å². The SMILES string of the molecule is Cn1ccc(CNS(=O)(=O)c2cc(Br)ccc2Br)n1. The smallest absolute Gasteiger partial charge is 0.242 e. The molecule has 1 heterocycles. The maximum absolute atomic E-state index is 12.2. The van der Waals surface area contributed by atoms with Crippen molar-refractivity contribution in [2.45, 2.75) is 11.4 Å². The minimum atomic E-state index is -3.58. The third kappa shape index (κ3) is 3.65. The predicted molar refractivity (Wildman–Crippen MR) is 79.1 cm³/mol. The van der Waals surface area contributed by atoms with Gasteiger partial charge in [0.15, 0.2) is 0 Å². The fourth-order valence-electron chi connectivity index (χ4n) is 1.49. The van der Waals surface area contributed by atoms with Gasteiger partial charge in [0.2, 0.25) is 10.0 Å². The van der Waals surface area contributed by atoms with E-state index >= 15 is 0 Å². The van der Waals surface area contributed by atoms with Crippen LogP contribution in [0.2, 0.25) is 0 Å². The Bertz CT molecular complexity index is 698. The lowest BCUT2D eigenvalue weighted by molar-refractivity contribution is 0.579. The second kappa shape index (κ2) is 5.74. The van der Waals surface area contributed by atoms with Gasteiger partial charge in [-0.3, -0.25) is 4.68 Å². The zero-order valence-electron chi connectivity index (χ0n) is 9.97. The summed E-state index contributed by atoms with van der Waals surface area (Å²) in [5, 5.41) is 4.12. The first-order chi connectivity index (χ1) is 8.88. The van der Waals surface area contributed by atoms with Crippen LogP contribution in [-0.4, -0.2) is 18.2 Å². The first-order valence-electron chi connectivity index (χ1n) is 5.32. The minimum Gasteiger partial charge on any atom is -0.276 e. The molecular formula is C11H11Br2N3O2S. The molecule has 2 aromatic rings. The fraction of sp³-hybridized carbons (Fsp3) is 0.182. The number of nitrogens with zero attached hydrogens (tertiary/aromatic N) is 2. The van der Waals surface area contributed by atoms with Crippen molar-refractivity contribution in [3.63, 3.8) is 0 Å². The fourth-order valence-corrected chi connectivity index (χ4v) is 3.99. The molecule has 0 aliphatic heterocycles. The Kier molecular flexibility index (Phi) is 4.44. The number of aromatic nitrogens is 2. The van der Waals surface area contributed by atoms with Crippen LogP contribution in [0.3, 0.4) is 0 Å². The molecule has 0 unspecified atom stereocenters. The van der Waals surface area contributed by atoms with Crippen molar-refractivity contribution in [1.29, 1.82) is 0 Å². The molecule has 102 valence electrons. The summed E-state index contributed by atoms with van der Waals surface area (Å²) in [6.07, 6.45) is 1.76. The Morgan fingerprint density at radius 1 is 1.32 bits per heavy atom. The zero-order chi connectivity index (χ0) is 14.0. The maximum Gasteiger partial charge on any atom is 0.242 e. The van der Waals surface area contributed by atoms with Gasteiger partial charge in [0.1, 0.15) is 0 Å².